The SMILES string of the molecule is COC1(c2ccc3c(c2)N(C(=O)[C@H]2CC[C@H](OC(C)C)CC2)Cc2cccnc2N3)CCOCC1. The van der Waals surface area contributed by atoms with Crippen LogP contribution in [-0.4, -0.2) is 43.4 Å². The molecule has 188 valence electrons. The number of anilines is 3. The molecule has 2 fully saturated rings. The molecule has 1 aliphatic carbocycles. The first-order valence-corrected chi connectivity index (χ1v) is 12.9. The van der Waals surface area contributed by atoms with Gasteiger partial charge in [0.05, 0.1) is 35.7 Å². The van der Waals surface area contributed by atoms with Gasteiger partial charge in [0.1, 0.15) is 5.82 Å². The first-order valence-electron chi connectivity index (χ1n) is 12.9. The Morgan fingerprint density at radius 2 is 1.94 bits per heavy atom. The number of rotatable bonds is 5. The summed E-state index contributed by atoms with van der Waals surface area (Å²) in [6.45, 7) is 5.99. The molecule has 1 aromatic heterocycles. The summed E-state index contributed by atoms with van der Waals surface area (Å²) in [4.78, 5) is 20.6. The van der Waals surface area contributed by atoms with E-state index in [1.807, 2.05) is 17.0 Å². The molecule has 1 saturated carbocycles. The summed E-state index contributed by atoms with van der Waals surface area (Å²) in [7, 11) is 1.77. The van der Waals surface area contributed by atoms with Gasteiger partial charge in [0, 0.05) is 50.8 Å². The van der Waals surface area contributed by atoms with Gasteiger partial charge in [0.2, 0.25) is 5.91 Å². The lowest BCUT2D eigenvalue weighted by atomic mass is 9.84. The third-order valence-electron chi connectivity index (χ3n) is 7.73. The molecule has 1 saturated heterocycles. The van der Waals surface area contributed by atoms with Crippen LogP contribution in [0.3, 0.4) is 0 Å². The second kappa shape index (κ2) is 10.2. The van der Waals surface area contributed by atoms with Crippen molar-refractivity contribution in [1.29, 1.82) is 0 Å². The van der Waals surface area contributed by atoms with Crippen molar-refractivity contribution in [3.63, 3.8) is 0 Å². The molecule has 0 atom stereocenters. The van der Waals surface area contributed by atoms with E-state index in [1.165, 1.54) is 0 Å². The zero-order valence-electron chi connectivity index (χ0n) is 21.1. The van der Waals surface area contributed by atoms with Crippen molar-refractivity contribution in [2.45, 2.75) is 76.7 Å². The van der Waals surface area contributed by atoms with E-state index in [-0.39, 0.29) is 24.0 Å². The van der Waals surface area contributed by atoms with E-state index in [0.717, 1.165) is 66.8 Å². The number of ether oxygens (including phenoxy) is 3. The molecule has 2 aromatic rings. The van der Waals surface area contributed by atoms with Gasteiger partial charge >= 0.3 is 0 Å². The van der Waals surface area contributed by atoms with E-state index in [1.54, 1.807) is 13.3 Å². The van der Waals surface area contributed by atoms with E-state index in [2.05, 4.69) is 42.3 Å². The molecular formula is C28H37N3O4. The monoisotopic (exact) mass is 479 g/mol. The van der Waals surface area contributed by atoms with E-state index < -0.39 is 5.60 Å². The van der Waals surface area contributed by atoms with Gasteiger partial charge in [-0.1, -0.05) is 12.1 Å². The maximum absolute atomic E-state index is 14.0. The fourth-order valence-corrected chi connectivity index (χ4v) is 5.77. The molecular weight excluding hydrogens is 442 g/mol. The summed E-state index contributed by atoms with van der Waals surface area (Å²) in [6, 6.07) is 10.3. The molecule has 7 heteroatoms. The van der Waals surface area contributed by atoms with Gasteiger partial charge in [-0.05, 0) is 63.3 Å². The molecule has 35 heavy (non-hydrogen) atoms. The van der Waals surface area contributed by atoms with E-state index in [9.17, 15) is 4.79 Å². The molecule has 0 unspecified atom stereocenters. The zero-order chi connectivity index (χ0) is 24.4. The van der Waals surface area contributed by atoms with Crippen LogP contribution in [0, 0.1) is 5.92 Å². The first-order chi connectivity index (χ1) is 17.0. The van der Waals surface area contributed by atoms with Gasteiger partial charge in [-0.25, -0.2) is 4.98 Å². The molecule has 5 rings (SSSR count). The summed E-state index contributed by atoms with van der Waals surface area (Å²) in [5, 5.41) is 3.49. The molecule has 1 N–H and O–H groups in total. The Bertz CT molecular complexity index is 1040. The second-order valence-electron chi connectivity index (χ2n) is 10.3. The number of hydrogen-bond donors (Lipinski definition) is 1. The van der Waals surface area contributed by atoms with Crippen LogP contribution in [0.1, 0.15) is 63.5 Å². The fourth-order valence-electron chi connectivity index (χ4n) is 5.77. The summed E-state index contributed by atoms with van der Waals surface area (Å²) in [5.41, 5.74) is 3.51. The van der Waals surface area contributed by atoms with Crippen molar-refractivity contribution in [3.8, 4) is 0 Å². The van der Waals surface area contributed by atoms with Gasteiger partial charge in [0.15, 0.2) is 0 Å². The topological polar surface area (TPSA) is 72.9 Å². The molecule has 3 heterocycles. The molecule has 3 aliphatic rings. The maximum Gasteiger partial charge on any atom is 0.230 e. The lowest BCUT2D eigenvalue weighted by Crippen LogP contribution is -2.39. The summed E-state index contributed by atoms with van der Waals surface area (Å²) < 4.78 is 17.7. The van der Waals surface area contributed by atoms with Gasteiger partial charge in [-0.15, -0.1) is 0 Å². The van der Waals surface area contributed by atoms with E-state index in [0.29, 0.717) is 19.8 Å². The fraction of sp³-hybridized carbons (Fsp3) is 0.571. The van der Waals surface area contributed by atoms with E-state index >= 15 is 0 Å². The lowest BCUT2D eigenvalue weighted by molar-refractivity contribution is -0.124. The molecule has 7 nitrogen and oxygen atoms in total. The van der Waals surface area contributed by atoms with Gasteiger partial charge in [0.25, 0.3) is 0 Å². The molecule has 0 bridgehead atoms. The van der Waals surface area contributed by atoms with Gasteiger partial charge in [-0.2, -0.15) is 0 Å². The predicted octanol–water partition coefficient (Wildman–Crippen LogP) is 5.31. The molecule has 0 radical (unpaired) electrons. The Labute approximate surface area is 208 Å². The predicted molar refractivity (Wildman–Crippen MR) is 136 cm³/mol. The number of fused-ring (bicyclic) bond motifs is 2. The minimum absolute atomic E-state index is 0.00351. The first kappa shape index (κ1) is 24.2. The maximum atomic E-state index is 14.0. The Kier molecular flexibility index (Phi) is 7.09. The van der Waals surface area contributed by atoms with Crippen LogP contribution in [0.25, 0.3) is 0 Å². The zero-order valence-corrected chi connectivity index (χ0v) is 21.1. The second-order valence-corrected chi connectivity index (χ2v) is 10.3. The lowest BCUT2D eigenvalue weighted by Gasteiger charge is -2.37. The molecule has 0 spiro atoms. The number of hydrogen-bond acceptors (Lipinski definition) is 6. The Morgan fingerprint density at radius 3 is 2.66 bits per heavy atom. The minimum Gasteiger partial charge on any atom is -0.381 e. The average molecular weight is 480 g/mol. The number of amides is 1. The van der Waals surface area contributed by atoms with Crippen molar-refractivity contribution >= 4 is 23.1 Å². The third kappa shape index (κ3) is 4.95. The largest absolute Gasteiger partial charge is 0.381 e. The van der Waals surface area contributed by atoms with Crippen LogP contribution in [-0.2, 0) is 31.2 Å². The third-order valence-corrected chi connectivity index (χ3v) is 7.73. The Morgan fingerprint density at radius 1 is 1.17 bits per heavy atom. The van der Waals surface area contributed by atoms with Crippen LogP contribution >= 0.6 is 0 Å². The number of aromatic nitrogens is 1. The molecule has 2 aliphatic heterocycles. The normalized spacial score (nSPS) is 23.7. The van der Waals surface area contributed by atoms with Crippen LogP contribution in [0.2, 0.25) is 0 Å². The Hall–Kier alpha value is -2.48. The van der Waals surface area contributed by atoms with Crippen LogP contribution in [0.4, 0.5) is 17.2 Å². The highest BCUT2D eigenvalue weighted by molar-refractivity contribution is 5.99. The number of carbonyl (C=O) groups excluding carboxylic acids is 1. The highest BCUT2D eigenvalue weighted by Gasteiger charge is 2.37. The quantitative estimate of drug-likeness (QED) is 0.627. The molecule has 1 aromatic carbocycles. The van der Waals surface area contributed by atoms with Crippen LogP contribution in [0.15, 0.2) is 36.5 Å². The van der Waals surface area contributed by atoms with Crippen molar-refractivity contribution in [1.82, 2.24) is 4.98 Å². The number of benzene rings is 1. The average Bonchev–Trinajstić information content (AvgIpc) is 3.05. The highest BCUT2D eigenvalue weighted by atomic mass is 16.5. The highest BCUT2D eigenvalue weighted by Crippen LogP contribution is 2.43. The van der Waals surface area contributed by atoms with Crippen molar-refractivity contribution in [2.75, 3.05) is 30.5 Å². The minimum atomic E-state index is -0.397. The van der Waals surface area contributed by atoms with Crippen LogP contribution in [0.5, 0.6) is 0 Å². The number of pyridine rings is 1. The van der Waals surface area contributed by atoms with E-state index in [4.69, 9.17) is 14.2 Å². The number of methoxy groups -OCH3 is 1. The van der Waals surface area contributed by atoms with Gasteiger partial charge < -0.3 is 24.4 Å². The molecule has 1 amide bonds. The Balaban J connectivity index is 1.48. The summed E-state index contributed by atoms with van der Waals surface area (Å²) in [5.74, 6) is 0.984. The summed E-state index contributed by atoms with van der Waals surface area (Å²) >= 11 is 0. The summed E-state index contributed by atoms with van der Waals surface area (Å²) in [6.07, 6.45) is 7.42. The number of nitrogens with one attached hydrogen (secondary N) is 1. The van der Waals surface area contributed by atoms with Crippen molar-refractivity contribution in [3.05, 3.63) is 47.7 Å². The smallest absolute Gasteiger partial charge is 0.230 e. The standard InChI is InChI=1S/C28H37N3O4/c1-19(2)35-23-9-6-20(7-10-23)27(32)31-18-21-5-4-14-29-26(21)30-24-11-8-22(17-25(24)31)28(33-3)12-15-34-16-13-28/h4-5,8,11,14,17,19-20,23H,6-7,9-10,12-13,15-16,18H2,1-3H3,(H,29,30)/t20-,23-. The van der Waals surface area contributed by atoms with Crippen molar-refractivity contribution in [2.24, 2.45) is 5.92 Å². The van der Waals surface area contributed by atoms with Crippen molar-refractivity contribution < 1.29 is 19.0 Å². The van der Waals surface area contributed by atoms with Crippen LogP contribution < -0.4 is 10.2 Å². The van der Waals surface area contributed by atoms with Gasteiger partial charge in [-0.3, -0.25) is 4.79 Å². The number of nitrogens with zero attached hydrogens (tertiary/aromatic N) is 2. The number of carbonyl (C=O) groups is 1.